The molecule has 0 bridgehead atoms. The van der Waals surface area contributed by atoms with Crippen LogP contribution in [0.1, 0.15) is 28.0 Å². The van der Waals surface area contributed by atoms with Gasteiger partial charge in [-0.1, -0.05) is 5.10 Å². The zero-order chi connectivity index (χ0) is 15.2. The number of hydrogen-bond acceptors (Lipinski definition) is 9. The van der Waals surface area contributed by atoms with E-state index >= 15 is 0 Å². The molecule has 2 aromatic heterocycles. The van der Waals surface area contributed by atoms with Gasteiger partial charge in [0.15, 0.2) is 0 Å². The van der Waals surface area contributed by atoms with Crippen molar-refractivity contribution in [1.82, 2.24) is 15.2 Å². The highest BCUT2D eigenvalue weighted by Gasteiger charge is 2.19. The van der Waals surface area contributed by atoms with Crippen LogP contribution in [-0.2, 0) is 9.47 Å². The fourth-order valence-electron chi connectivity index (χ4n) is 1.35. The number of hydrogen-bond donors (Lipinski definition) is 0. The highest BCUT2D eigenvalue weighted by Crippen LogP contribution is 2.27. The van der Waals surface area contributed by atoms with Crippen LogP contribution < -0.4 is 0 Å². The number of rotatable bonds is 5. The molecule has 2 aromatic rings. The van der Waals surface area contributed by atoms with Gasteiger partial charge >= 0.3 is 17.8 Å². The van der Waals surface area contributed by atoms with E-state index in [1.54, 1.807) is 19.1 Å². The van der Waals surface area contributed by atoms with Crippen molar-refractivity contribution in [3.05, 3.63) is 29.8 Å². The summed E-state index contributed by atoms with van der Waals surface area (Å²) in [5, 5.41) is 7.67. The molecule has 0 saturated heterocycles. The molecule has 0 amide bonds. The summed E-state index contributed by atoms with van der Waals surface area (Å²) in [6, 6.07) is 3.16. The molecule has 2 rings (SSSR count). The first kappa shape index (κ1) is 15.0. The second kappa shape index (κ2) is 6.84. The molecule has 0 N–H and O–H groups in total. The number of carbonyl (C=O) groups is 2. The van der Waals surface area contributed by atoms with Gasteiger partial charge in [0.25, 0.3) is 5.22 Å². The number of methoxy groups -OCH3 is 1. The van der Waals surface area contributed by atoms with Crippen molar-refractivity contribution in [2.75, 3.05) is 13.7 Å². The molecule has 0 radical (unpaired) electrons. The summed E-state index contributed by atoms with van der Waals surface area (Å²) in [6.45, 7) is 1.87. The molecule has 2 heterocycles. The average molecular weight is 309 g/mol. The van der Waals surface area contributed by atoms with Crippen LogP contribution in [0.25, 0.3) is 0 Å². The molecular formula is C12H11N3O5S. The van der Waals surface area contributed by atoms with E-state index in [-0.39, 0.29) is 23.3 Å². The molecule has 21 heavy (non-hydrogen) atoms. The Hall–Kier alpha value is -2.42. The Morgan fingerprint density at radius 1 is 1.33 bits per heavy atom. The number of carbonyl (C=O) groups excluding carboxylic acids is 2. The van der Waals surface area contributed by atoms with Crippen LogP contribution in [0.4, 0.5) is 0 Å². The first-order valence-electron chi connectivity index (χ1n) is 5.87. The quantitative estimate of drug-likeness (QED) is 0.761. The SMILES string of the molecule is CCOC(=O)c1nnc(Sc2ncccc2C(=O)OC)o1. The highest BCUT2D eigenvalue weighted by molar-refractivity contribution is 7.99. The number of nitrogens with zero attached hydrogens (tertiary/aromatic N) is 3. The van der Waals surface area contributed by atoms with Crippen molar-refractivity contribution < 1.29 is 23.5 Å². The minimum atomic E-state index is -0.703. The van der Waals surface area contributed by atoms with Crippen molar-refractivity contribution >= 4 is 23.7 Å². The van der Waals surface area contributed by atoms with Gasteiger partial charge < -0.3 is 13.9 Å². The first-order valence-corrected chi connectivity index (χ1v) is 6.69. The van der Waals surface area contributed by atoms with Crippen molar-refractivity contribution in [2.24, 2.45) is 0 Å². The summed E-state index contributed by atoms with van der Waals surface area (Å²) in [5.74, 6) is -1.49. The Labute approximate surface area is 123 Å². The van der Waals surface area contributed by atoms with Crippen molar-refractivity contribution in [1.29, 1.82) is 0 Å². The summed E-state index contributed by atoms with van der Waals surface area (Å²) >= 11 is 0.954. The van der Waals surface area contributed by atoms with Crippen molar-refractivity contribution in [3.63, 3.8) is 0 Å². The van der Waals surface area contributed by atoms with E-state index < -0.39 is 11.9 Å². The molecule has 0 fully saturated rings. The second-order valence-electron chi connectivity index (χ2n) is 3.54. The van der Waals surface area contributed by atoms with E-state index in [4.69, 9.17) is 9.15 Å². The summed E-state index contributed by atoms with van der Waals surface area (Å²) < 4.78 is 14.5. The lowest BCUT2D eigenvalue weighted by atomic mass is 10.3. The van der Waals surface area contributed by atoms with E-state index in [2.05, 4.69) is 19.9 Å². The Balaban J connectivity index is 2.19. The van der Waals surface area contributed by atoms with Crippen molar-refractivity contribution in [2.45, 2.75) is 17.2 Å². The van der Waals surface area contributed by atoms with E-state index in [1.807, 2.05) is 0 Å². The van der Waals surface area contributed by atoms with Gasteiger partial charge in [-0.05, 0) is 30.8 Å². The average Bonchev–Trinajstić information content (AvgIpc) is 2.96. The molecule has 9 heteroatoms. The largest absolute Gasteiger partial charge is 0.465 e. The number of pyridine rings is 1. The fraction of sp³-hybridized carbons (Fsp3) is 0.250. The third kappa shape index (κ3) is 3.57. The van der Waals surface area contributed by atoms with Gasteiger partial charge in [0.2, 0.25) is 0 Å². The van der Waals surface area contributed by atoms with Crippen LogP contribution in [0, 0.1) is 0 Å². The van der Waals surface area contributed by atoms with Gasteiger partial charge in [-0.15, -0.1) is 5.10 Å². The zero-order valence-corrected chi connectivity index (χ0v) is 12.0. The van der Waals surface area contributed by atoms with Crippen LogP contribution in [0.5, 0.6) is 0 Å². The van der Waals surface area contributed by atoms with Gasteiger partial charge in [0.05, 0.1) is 19.3 Å². The summed E-state index contributed by atoms with van der Waals surface area (Å²) in [4.78, 5) is 27.1. The minimum Gasteiger partial charge on any atom is -0.465 e. The van der Waals surface area contributed by atoms with Crippen molar-refractivity contribution in [3.8, 4) is 0 Å². The highest BCUT2D eigenvalue weighted by atomic mass is 32.2. The van der Waals surface area contributed by atoms with Crippen LogP contribution >= 0.6 is 11.8 Å². The van der Waals surface area contributed by atoms with E-state index in [0.29, 0.717) is 5.03 Å². The predicted molar refractivity (Wildman–Crippen MR) is 70.0 cm³/mol. The Morgan fingerprint density at radius 3 is 2.86 bits per heavy atom. The Morgan fingerprint density at radius 2 is 2.14 bits per heavy atom. The summed E-state index contributed by atoms with van der Waals surface area (Å²) in [7, 11) is 1.27. The molecule has 0 aliphatic heterocycles. The van der Waals surface area contributed by atoms with Crippen LogP contribution in [-0.4, -0.2) is 40.8 Å². The number of aromatic nitrogens is 3. The normalized spacial score (nSPS) is 10.2. The topological polar surface area (TPSA) is 104 Å². The maximum atomic E-state index is 11.6. The third-order valence-electron chi connectivity index (χ3n) is 2.22. The maximum absolute atomic E-state index is 11.6. The van der Waals surface area contributed by atoms with Gasteiger partial charge in [-0.2, -0.15) is 0 Å². The molecule has 0 aromatic carbocycles. The Bertz CT molecular complexity index is 658. The van der Waals surface area contributed by atoms with E-state index in [1.165, 1.54) is 13.3 Å². The molecule has 0 aliphatic rings. The number of ether oxygens (including phenoxy) is 2. The standard InChI is InChI=1S/C12H11N3O5S/c1-3-19-11(17)8-14-15-12(20-8)21-9-7(10(16)18-2)5-4-6-13-9/h4-6H,3H2,1-2H3. The third-order valence-corrected chi connectivity index (χ3v) is 3.08. The van der Waals surface area contributed by atoms with Crippen LogP contribution in [0.15, 0.2) is 33.0 Å². The Kier molecular flexibility index (Phi) is 4.88. The van der Waals surface area contributed by atoms with Crippen LogP contribution in [0.2, 0.25) is 0 Å². The summed E-state index contributed by atoms with van der Waals surface area (Å²) in [5.41, 5.74) is 0.265. The molecule has 8 nitrogen and oxygen atoms in total. The smallest absolute Gasteiger partial charge is 0.396 e. The van der Waals surface area contributed by atoms with Gasteiger partial charge in [0, 0.05) is 6.20 Å². The lowest BCUT2D eigenvalue weighted by molar-refractivity contribution is 0.0474. The molecule has 0 unspecified atom stereocenters. The number of esters is 2. The summed E-state index contributed by atoms with van der Waals surface area (Å²) in [6.07, 6.45) is 1.51. The van der Waals surface area contributed by atoms with Gasteiger partial charge in [0.1, 0.15) is 5.03 Å². The van der Waals surface area contributed by atoms with E-state index in [0.717, 1.165) is 11.8 Å². The van der Waals surface area contributed by atoms with Crippen LogP contribution in [0.3, 0.4) is 0 Å². The second-order valence-corrected chi connectivity index (χ2v) is 4.48. The molecule has 0 atom stereocenters. The first-order chi connectivity index (χ1) is 10.2. The molecule has 110 valence electrons. The fourth-order valence-corrected chi connectivity index (χ4v) is 2.09. The molecule has 0 aliphatic carbocycles. The minimum absolute atomic E-state index is 0.0712. The lowest BCUT2D eigenvalue weighted by Crippen LogP contribution is -2.04. The van der Waals surface area contributed by atoms with Gasteiger partial charge in [-0.3, -0.25) is 0 Å². The predicted octanol–water partition coefficient (Wildman–Crippen LogP) is 1.58. The molecule has 0 spiro atoms. The zero-order valence-electron chi connectivity index (χ0n) is 11.2. The monoisotopic (exact) mass is 309 g/mol. The van der Waals surface area contributed by atoms with Gasteiger partial charge in [-0.25, -0.2) is 14.6 Å². The maximum Gasteiger partial charge on any atom is 0.396 e. The molecular weight excluding hydrogens is 298 g/mol. The lowest BCUT2D eigenvalue weighted by Gasteiger charge is -2.03. The van der Waals surface area contributed by atoms with E-state index in [9.17, 15) is 9.59 Å². The molecule has 0 saturated carbocycles.